The van der Waals surface area contributed by atoms with Crippen LogP contribution in [0.3, 0.4) is 0 Å². The summed E-state index contributed by atoms with van der Waals surface area (Å²) >= 11 is 12.1. The van der Waals surface area contributed by atoms with Crippen LogP contribution in [-0.4, -0.2) is 12.1 Å². The van der Waals surface area contributed by atoms with Crippen molar-refractivity contribution in [1.82, 2.24) is 5.43 Å². The van der Waals surface area contributed by atoms with Gasteiger partial charge in [0.25, 0.3) is 5.91 Å². The second kappa shape index (κ2) is 9.21. The first-order chi connectivity index (χ1) is 13.1. The Bertz CT molecular complexity index is 959. The van der Waals surface area contributed by atoms with Gasteiger partial charge in [0.1, 0.15) is 12.4 Å². The first kappa shape index (κ1) is 19.0. The summed E-state index contributed by atoms with van der Waals surface area (Å²) in [6, 6.07) is 21.8. The number of halogens is 2. The fourth-order valence-electron chi connectivity index (χ4n) is 2.31. The molecule has 1 N–H and O–H groups in total. The molecule has 3 rings (SSSR count). The van der Waals surface area contributed by atoms with Crippen LogP contribution in [0.4, 0.5) is 0 Å². The average molecular weight is 399 g/mol. The standard InChI is InChI=1S/C21H16Cl2N2O2/c22-18-8-4-7-17(12-18)21(26)25-24-13-16-9-10-20(19(23)11-16)27-14-15-5-2-1-3-6-15/h1-13H,14H2,(H,25,26)/b24-13-. The van der Waals surface area contributed by atoms with E-state index in [2.05, 4.69) is 10.5 Å². The van der Waals surface area contributed by atoms with Gasteiger partial charge in [-0.3, -0.25) is 4.79 Å². The molecule has 0 saturated carbocycles. The van der Waals surface area contributed by atoms with Gasteiger partial charge in [-0.05, 0) is 47.5 Å². The van der Waals surface area contributed by atoms with E-state index in [1.165, 1.54) is 6.21 Å². The van der Waals surface area contributed by atoms with Crippen LogP contribution in [0.5, 0.6) is 5.75 Å². The Balaban J connectivity index is 1.58. The van der Waals surface area contributed by atoms with E-state index in [0.717, 1.165) is 11.1 Å². The Morgan fingerprint density at radius 1 is 1.00 bits per heavy atom. The zero-order chi connectivity index (χ0) is 19.1. The van der Waals surface area contributed by atoms with Crippen molar-refractivity contribution in [2.45, 2.75) is 6.61 Å². The van der Waals surface area contributed by atoms with Crippen molar-refractivity contribution < 1.29 is 9.53 Å². The van der Waals surface area contributed by atoms with Gasteiger partial charge in [-0.2, -0.15) is 5.10 Å². The highest BCUT2D eigenvalue weighted by Crippen LogP contribution is 2.25. The summed E-state index contributed by atoms with van der Waals surface area (Å²) in [5, 5.41) is 4.90. The highest BCUT2D eigenvalue weighted by atomic mass is 35.5. The molecule has 0 radical (unpaired) electrons. The molecule has 0 bridgehead atoms. The van der Waals surface area contributed by atoms with Gasteiger partial charge in [-0.25, -0.2) is 5.43 Å². The van der Waals surface area contributed by atoms with Crippen LogP contribution in [0.25, 0.3) is 0 Å². The van der Waals surface area contributed by atoms with Crippen molar-refractivity contribution >= 4 is 35.3 Å². The number of nitrogens with zero attached hydrogens (tertiary/aromatic N) is 1. The summed E-state index contributed by atoms with van der Waals surface area (Å²) in [5.41, 5.74) is 4.68. The fourth-order valence-corrected chi connectivity index (χ4v) is 2.74. The van der Waals surface area contributed by atoms with Crippen LogP contribution in [0.2, 0.25) is 10.0 Å². The first-order valence-electron chi connectivity index (χ1n) is 8.17. The van der Waals surface area contributed by atoms with Gasteiger partial charge < -0.3 is 4.74 Å². The van der Waals surface area contributed by atoms with Crippen LogP contribution in [0.1, 0.15) is 21.5 Å². The number of carbonyl (C=O) groups is 1. The molecule has 136 valence electrons. The lowest BCUT2D eigenvalue weighted by Gasteiger charge is -2.08. The molecule has 0 spiro atoms. The Kier molecular flexibility index (Phi) is 6.47. The van der Waals surface area contributed by atoms with Crippen LogP contribution in [0, 0.1) is 0 Å². The number of hydrogen-bond donors (Lipinski definition) is 1. The van der Waals surface area contributed by atoms with E-state index in [-0.39, 0.29) is 5.91 Å². The third-order valence-corrected chi connectivity index (χ3v) is 4.19. The first-order valence-corrected chi connectivity index (χ1v) is 8.92. The van der Waals surface area contributed by atoms with Crippen molar-refractivity contribution in [2.75, 3.05) is 0 Å². The lowest BCUT2D eigenvalue weighted by molar-refractivity contribution is 0.0955. The summed E-state index contributed by atoms with van der Waals surface area (Å²) < 4.78 is 5.73. The number of amides is 1. The zero-order valence-corrected chi connectivity index (χ0v) is 15.7. The van der Waals surface area contributed by atoms with E-state index >= 15 is 0 Å². The van der Waals surface area contributed by atoms with Gasteiger partial charge >= 0.3 is 0 Å². The van der Waals surface area contributed by atoms with Crippen molar-refractivity contribution in [1.29, 1.82) is 0 Å². The molecule has 27 heavy (non-hydrogen) atoms. The van der Waals surface area contributed by atoms with Gasteiger partial charge in [0.2, 0.25) is 0 Å². The zero-order valence-electron chi connectivity index (χ0n) is 14.2. The molecule has 0 saturated heterocycles. The number of hydrazone groups is 1. The van der Waals surface area contributed by atoms with Gasteiger partial charge in [0.05, 0.1) is 11.2 Å². The van der Waals surface area contributed by atoms with Gasteiger partial charge in [-0.1, -0.05) is 59.6 Å². The minimum absolute atomic E-state index is 0.345. The van der Waals surface area contributed by atoms with E-state index in [1.807, 2.05) is 30.3 Å². The van der Waals surface area contributed by atoms with Gasteiger partial charge in [0, 0.05) is 10.6 Å². The van der Waals surface area contributed by atoms with Crippen molar-refractivity contribution in [3.8, 4) is 5.75 Å². The Hall–Kier alpha value is -2.82. The highest BCUT2D eigenvalue weighted by Gasteiger charge is 2.05. The maximum Gasteiger partial charge on any atom is 0.271 e. The average Bonchev–Trinajstić information content (AvgIpc) is 2.68. The molecule has 3 aromatic rings. The summed E-state index contributed by atoms with van der Waals surface area (Å²) in [7, 11) is 0. The summed E-state index contributed by atoms with van der Waals surface area (Å²) in [6.45, 7) is 0.434. The molecule has 0 aliphatic heterocycles. The molecule has 6 heteroatoms. The largest absolute Gasteiger partial charge is 0.487 e. The molecule has 0 unspecified atom stereocenters. The van der Waals surface area contributed by atoms with Crippen LogP contribution >= 0.6 is 23.2 Å². The van der Waals surface area contributed by atoms with Crippen molar-refractivity contribution in [2.24, 2.45) is 5.10 Å². The Labute approximate surface area is 167 Å². The van der Waals surface area contributed by atoms with Crippen molar-refractivity contribution in [3.63, 3.8) is 0 Å². The Morgan fingerprint density at radius 2 is 1.81 bits per heavy atom. The van der Waals surface area contributed by atoms with E-state index in [9.17, 15) is 4.79 Å². The third kappa shape index (κ3) is 5.58. The Morgan fingerprint density at radius 3 is 2.56 bits per heavy atom. The molecule has 0 aromatic heterocycles. The van der Waals surface area contributed by atoms with Crippen LogP contribution in [0.15, 0.2) is 77.9 Å². The molecule has 1 amide bonds. The minimum Gasteiger partial charge on any atom is -0.487 e. The van der Waals surface area contributed by atoms with Crippen LogP contribution in [-0.2, 0) is 6.61 Å². The maximum absolute atomic E-state index is 12.0. The molecule has 4 nitrogen and oxygen atoms in total. The van der Waals surface area contributed by atoms with E-state index in [0.29, 0.717) is 28.0 Å². The maximum atomic E-state index is 12.0. The molecular weight excluding hydrogens is 383 g/mol. The molecule has 0 fully saturated rings. The molecule has 0 aliphatic carbocycles. The minimum atomic E-state index is -0.345. The molecular formula is C21H16Cl2N2O2. The predicted octanol–water partition coefficient (Wildman–Crippen LogP) is 5.34. The highest BCUT2D eigenvalue weighted by molar-refractivity contribution is 6.32. The number of ether oxygens (including phenoxy) is 1. The quantitative estimate of drug-likeness (QED) is 0.450. The SMILES string of the molecule is O=C(N/N=C\c1ccc(OCc2ccccc2)c(Cl)c1)c1cccc(Cl)c1. The normalized spacial score (nSPS) is 10.7. The second-order valence-corrected chi connectivity index (χ2v) is 6.52. The van der Waals surface area contributed by atoms with Crippen LogP contribution < -0.4 is 10.2 Å². The number of rotatable bonds is 6. The number of hydrogen-bond acceptors (Lipinski definition) is 3. The summed E-state index contributed by atoms with van der Waals surface area (Å²) in [5.74, 6) is 0.239. The summed E-state index contributed by atoms with van der Waals surface area (Å²) in [6.07, 6.45) is 1.51. The second-order valence-electron chi connectivity index (χ2n) is 5.67. The van der Waals surface area contributed by atoms with Gasteiger partial charge in [0.15, 0.2) is 0 Å². The molecule has 3 aromatic carbocycles. The van der Waals surface area contributed by atoms with E-state index < -0.39 is 0 Å². The number of benzene rings is 3. The predicted molar refractivity (Wildman–Crippen MR) is 109 cm³/mol. The van der Waals surface area contributed by atoms with Crippen molar-refractivity contribution in [3.05, 3.63) is 99.5 Å². The number of carbonyl (C=O) groups excluding carboxylic acids is 1. The van der Waals surface area contributed by atoms with E-state index in [4.69, 9.17) is 27.9 Å². The third-order valence-electron chi connectivity index (χ3n) is 3.66. The monoisotopic (exact) mass is 398 g/mol. The summed E-state index contributed by atoms with van der Waals surface area (Å²) in [4.78, 5) is 12.0. The lowest BCUT2D eigenvalue weighted by Crippen LogP contribution is -2.17. The lowest BCUT2D eigenvalue weighted by atomic mass is 10.2. The molecule has 0 heterocycles. The number of nitrogens with one attached hydrogen (secondary N) is 1. The van der Waals surface area contributed by atoms with Gasteiger partial charge in [-0.15, -0.1) is 0 Å². The molecule has 0 aliphatic rings. The smallest absolute Gasteiger partial charge is 0.271 e. The van der Waals surface area contributed by atoms with E-state index in [1.54, 1.807) is 42.5 Å². The molecule has 0 atom stereocenters. The topological polar surface area (TPSA) is 50.7 Å². The fraction of sp³-hybridized carbons (Fsp3) is 0.0476.